The zero-order valence-electron chi connectivity index (χ0n) is 5.45. The maximum atomic E-state index is 8.49. The fourth-order valence-electron chi connectivity index (χ4n) is 0.685. The summed E-state index contributed by atoms with van der Waals surface area (Å²) in [5, 5.41) is 11.8. The zero-order chi connectivity index (χ0) is 8.27. The van der Waals surface area contributed by atoms with Crippen LogP contribution in [-0.4, -0.2) is 0 Å². The van der Waals surface area contributed by atoms with Gasteiger partial charge in [0.25, 0.3) is 0 Å². The molecule has 0 aliphatic carbocycles. The van der Waals surface area contributed by atoms with E-state index in [0.717, 1.165) is 0 Å². The summed E-state index contributed by atoms with van der Waals surface area (Å²) in [6.07, 6.45) is 0. The Balaban J connectivity index is 3.30. The molecule has 0 saturated carbocycles. The number of nitrogens with zero attached hydrogens (tertiary/aromatic N) is 3. The third-order valence-electron chi connectivity index (χ3n) is 1.19. The van der Waals surface area contributed by atoms with Crippen molar-refractivity contribution in [1.82, 2.24) is 0 Å². The summed E-state index contributed by atoms with van der Waals surface area (Å²) >= 11 is 5.58. The summed E-state index contributed by atoms with van der Waals surface area (Å²) in [6, 6.07) is 6.32. The molecular formula is C7H3ClN3-. The number of hydrogen-bond acceptors (Lipinski definition) is 2. The van der Waals surface area contributed by atoms with E-state index in [1.165, 1.54) is 12.1 Å². The molecule has 0 amide bonds. The maximum Gasteiger partial charge on any atom is 0.101 e. The van der Waals surface area contributed by atoms with Crippen molar-refractivity contribution in [3.05, 3.63) is 34.3 Å². The molecule has 0 bridgehead atoms. The van der Waals surface area contributed by atoms with E-state index >= 15 is 0 Å². The van der Waals surface area contributed by atoms with Gasteiger partial charge in [0.15, 0.2) is 0 Å². The fourth-order valence-corrected chi connectivity index (χ4v) is 0.857. The van der Waals surface area contributed by atoms with Gasteiger partial charge in [0.1, 0.15) is 6.07 Å². The van der Waals surface area contributed by atoms with Crippen molar-refractivity contribution < 1.29 is 0 Å². The molecular weight excluding hydrogens is 162 g/mol. The maximum absolute atomic E-state index is 8.49. The molecule has 54 valence electrons. The standard InChI is InChI=1S/C7H3ClN3/c8-6-1-2-7(11-10)5(3-6)4-9/h1-3H/q-1. The first kappa shape index (κ1) is 7.70. The van der Waals surface area contributed by atoms with E-state index in [1.807, 2.05) is 6.07 Å². The van der Waals surface area contributed by atoms with Crippen LogP contribution in [0.3, 0.4) is 0 Å². The number of hydrogen-bond donors (Lipinski definition) is 0. The lowest BCUT2D eigenvalue weighted by Gasteiger charge is -1.99. The predicted molar refractivity (Wildman–Crippen MR) is 41.6 cm³/mol. The van der Waals surface area contributed by atoms with Crippen molar-refractivity contribution in [2.24, 2.45) is 5.11 Å². The van der Waals surface area contributed by atoms with Crippen LogP contribution in [0.15, 0.2) is 23.3 Å². The lowest BCUT2D eigenvalue weighted by Crippen LogP contribution is -1.74. The Bertz CT molecular complexity index is 327. The highest BCUT2D eigenvalue weighted by Gasteiger charge is 1.97. The molecule has 0 radical (unpaired) electrons. The highest BCUT2D eigenvalue weighted by atomic mass is 35.5. The van der Waals surface area contributed by atoms with Crippen molar-refractivity contribution in [2.75, 3.05) is 0 Å². The van der Waals surface area contributed by atoms with Gasteiger partial charge in [-0.15, -0.1) is 0 Å². The quantitative estimate of drug-likeness (QED) is 0.589. The lowest BCUT2D eigenvalue weighted by molar-refractivity contribution is 1.43. The van der Waals surface area contributed by atoms with Gasteiger partial charge < -0.3 is 10.6 Å². The number of nitriles is 1. The van der Waals surface area contributed by atoms with Gasteiger partial charge in [0.05, 0.1) is 11.3 Å². The molecule has 0 atom stereocenters. The predicted octanol–water partition coefficient (Wildman–Crippen LogP) is 2.86. The largest absolute Gasteiger partial charge is 0.706 e. The molecule has 0 unspecified atom stereocenters. The van der Waals surface area contributed by atoms with Gasteiger partial charge in [0.2, 0.25) is 0 Å². The number of rotatable bonds is 1. The Kier molecular flexibility index (Phi) is 2.19. The van der Waals surface area contributed by atoms with Crippen LogP contribution in [0.25, 0.3) is 5.53 Å². The van der Waals surface area contributed by atoms with E-state index in [1.54, 1.807) is 6.07 Å². The number of halogens is 1. The Morgan fingerprint density at radius 3 is 2.82 bits per heavy atom. The van der Waals surface area contributed by atoms with Crippen LogP contribution in [0.2, 0.25) is 5.02 Å². The Labute approximate surface area is 68.7 Å². The third kappa shape index (κ3) is 1.54. The molecule has 0 heterocycles. The van der Waals surface area contributed by atoms with E-state index < -0.39 is 0 Å². The summed E-state index contributed by atoms with van der Waals surface area (Å²) in [7, 11) is 0. The van der Waals surface area contributed by atoms with Crippen LogP contribution in [0, 0.1) is 11.3 Å². The van der Waals surface area contributed by atoms with Gasteiger partial charge in [-0.25, -0.2) is 0 Å². The summed E-state index contributed by atoms with van der Waals surface area (Å²) < 4.78 is 0. The summed E-state index contributed by atoms with van der Waals surface area (Å²) in [5.74, 6) is 0. The highest BCUT2D eigenvalue weighted by Crippen LogP contribution is 2.21. The smallest absolute Gasteiger partial charge is 0.101 e. The van der Waals surface area contributed by atoms with Gasteiger partial charge in [-0.1, -0.05) is 11.6 Å². The SMILES string of the molecule is N#Cc1cc(Cl)ccc1N=[N-]. The van der Waals surface area contributed by atoms with Crippen LogP contribution >= 0.6 is 11.6 Å². The van der Waals surface area contributed by atoms with Gasteiger partial charge in [-0.2, -0.15) is 5.26 Å². The first-order valence-corrected chi connectivity index (χ1v) is 3.20. The first-order valence-electron chi connectivity index (χ1n) is 2.82. The van der Waals surface area contributed by atoms with Gasteiger partial charge in [-0.05, 0) is 18.2 Å². The van der Waals surface area contributed by atoms with Crippen molar-refractivity contribution in [3.8, 4) is 6.07 Å². The third-order valence-corrected chi connectivity index (χ3v) is 1.42. The van der Waals surface area contributed by atoms with Gasteiger partial charge >= 0.3 is 0 Å². The molecule has 0 saturated heterocycles. The van der Waals surface area contributed by atoms with E-state index in [-0.39, 0.29) is 11.3 Å². The lowest BCUT2D eigenvalue weighted by atomic mass is 10.2. The van der Waals surface area contributed by atoms with E-state index in [4.69, 9.17) is 22.4 Å². The van der Waals surface area contributed by atoms with Crippen molar-refractivity contribution in [1.29, 1.82) is 5.26 Å². The second-order valence-electron chi connectivity index (χ2n) is 1.87. The minimum Gasteiger partial charge on any atom is -0.706 e. The molecule has 0 aliphatic rings. The minimum absolute atomic E-state index is 0.233. The molecule has 1 aromatic carbocycles. The zero-order valence-corrected chi connectivity index (χ0v) is 6.21. The monoisotopic (exact) mass is 164 g/mol. The summed E-state index contributed by atoms with van der Waals surface area (Å²) in [4.78, 5) is 0. The van der Waals surface area contributed by atoms with E-state index in [0.29, 0.717) is 5.02 Å². The summed E-state index contributed by atoms with van der Waals surface area (Å²) in [5.41, 5.74) is 8.87. The van der Waals surface area contributed by atoms with Gasteiger partial charge in [0, 0.05) is 5.02 Å². The first-order chi connectivity index (χ1) is 5.27. The van der Waals surface area contributed by atoms with E-state index in [2.05, 4.69) is 5.11 Å². The van der Waals surface area contributed by atoms with Crippen LogP contribution in [0.5, 0.6) is 0 Å². The Morgan fingerprint density at radius 2 is 2.27 bits per heavy atom. The molecule has 0 aromatic heterocycles. The second-order valence-corrected chi connectivity index (χ2v) is 2.31. The molecule has 4 heteroatoms. The topological polar surface area (TPSA) is 58.5 Å². The second kappa shape index (κ2) is 3.13. The van der Waals surface area contributed by atoms with Crippen molar-refractivity contribution in [2.45, 2.75) is 0 Å². The molecule has 11 heavy (non-hydrogen) atoms. The average Bonchev–Trinajstić information content (AvgIpc) is 2.04. The molecule has 0 fully saturated rings. The van der Waals surface area contributed by atoms with Crippen LogP contribution in [0.1, 0.15) is 5.56 Å². The van der Waals surface area contributed by atoms with Gasteiger partial charge in [-0.3, -0.25) is 0 Å². The number of benzene rings is 1. The Morgan fingerprint density at radius 1 is 1.55 bits per heavy atom. The summed E-state index contributed by atoms with van der Waals surface area (Å²) in [6.45, 7) is 0. The molecule has 1 rings (SSSR count). The van der Waals surface area contributed by atoms with Crippen LogP contribution in [-0.2, 0) is 0 Å². The molecule has 3 nitrogen and oxygen atoms in total. The van der Waals surface area contributed by atoms with Crippen molar-refractivity contribution >= 4 is 17.3 Å². The van der Waals surface area contributed by atoms with Crippen molar-refractivity contribution in [3.63, 3.8) is 0 Å². The minimum atomic E-state index is 0.233. The highest BCUT2D eigenvalue weighted by molar-refractivity contribution is 6.30. The van der Waals surface area contributed by atoms with E-state index in [9.17, 15) is 0 Å². The average molecular weight is 165 g/mol. The fraction of sp³-hybridized carbons (Fsp3) is 0. The van der Waals surface area contributed by atoms with Crippen LogP contribution in [0.4, 0.5) is 5.69 Å². The normalized spacial score (nSPS) is 8.73. The van der Waals surface area contributed by atoms with Crippen LogP contribution < -0.4 is 0 Å². The Hall–Kier alpha value is -1.40. The molecule has 0 aliphatic heterocycles. The molecule has 1 aromatic rings. The molecule has 0 spiro atoms. The molecule has 0 N–H and O–H groups in total.